The topological polar surface area (TPSA) is 67.4 Å². The predicted octanol–water partition coefficient (Wildman–Crippen LogP) is 2.53. The van der Waals surface area contributed by atoms with E-state index in [4.69, 9.17) is 0 Å². The fourth-order valence-electron chi connectivity index (χ4n) is 2.27. The van der Waals surface area contributed by atoms with Gasteiger partial charge < -0.3 is 4.57 Å². The molecule has 2 aromatic heterocycles. The van der Waals surface area contributed by atoms with E-state index in [2.05, 4.69) is 25.8 Å². The minimum Gasteiger partial charge on any atom is -0.310 e. The van der Waals surface area contributed by atoms with Gasteiger partial charge in [-0.05, 0) is 18.9 Å². The Bertz CT molecular complexity index is 633. The summed E-state index contributed by atoms with van der Waals surface area (Å²) < 4.78 is 2.09. The van der Waals surface area contributed by atoms with Crippen LogP contribution in [0.25, 0.3) is 11.6 Å². The highest BCUT2D eigenvalue weighted by atomic mass is 32.1. The third-order valence-electron chi connectivity index (χ3n) is 3.21. The van der Waals surface area contributed by atoms with Crippen LogP contribution in [0.2, 0.25) is 0 Å². The number of nitrogens with zero attached hydrogens (tertiary/aromatic N) is 5. The summed E-state index contributed by atoms with van der Waals surface area (Å²) in [4.78, 5) is 4.98. The van der Waals surface area contributed by atoms with Crippen LogP contribution < -0.4 is 0 Å². The molecule has 0 saturated heterocycles. The Labute approximate surface area is 115 Å². The van der Waals surface area contributed by atoms with Gasteiger partial charge in [0.1, 0.15) is 11.9 Å². The van der Waals surface area contributed by atoms with Crippen molar-refractivity contribution in [2.45, 2.75) is 32.2 Å². The van der Waals surface area contributed by atoms with E-state index >= 15 is 0 Å². The van der Waals surface area contributed by atoms with E-state index in [0.29, 0.717) is 11.4 Å². The van der Waals surface area contributed by atoms with Gasteiger partial charge in [0.05, 0.1) is 11.1 Å². The van der Waals surface area contributed by atoms with Gasteiger partial charge in [-0.15, -0.1) is 21.5 Å². The number of aryl methyl sites for hydroxylation is 1. The van der Waals surface area contributed by atoms with Crippen LogP contribution in [0, 0.1) is 11.3 Å². The van der Waals surface area contributed by atoms with Crippen LogP contribution in [0.3, 0.4) is 0 Å². The average Bonchev–Trinajstić information content (AvgIpc) is 3.01. The smallest absolute Gasteiger partial charge is 0.174 e. The highest BCUT2D eigenvalue weighted by molar-refractivity contribution is 7.10. The van der Waals surface area contributed by atoms with Gasteiger partial charge in [0.25, 0.3) is 0 Å². The molecular formula is C13H13N5S. The first kappa shape index (κ1) is 12.1. The van der Waals surface area contributed by atoms with Crippen LogP contribution in [0.15, 0.2) is 11.7 Å². The lowest BCUT2D eigenvalue weighted by Gasteiger charge is -2.05. The van der Waals surface area contributed by atoms with E-state index in [0.717, 1.165) is 36.5 Å². The molecule has 19 heavy (non-hydrogen) atoms. The Morgan fingerprint density at radius 3 is 3.11 bits per heavy atom. The maximum Gasteiger partial charge on any atom is 0.174 e. The van der Waals surface area contributed by atoms with E-state index < -0.39 is 0 Å². The first-order valence-corrected chi connectivity index (χ1v) is 7.19. The summed E-state index contributed by atoms with van der Waals surface area (Å²) in [6, 6.07) is 2.23. The van der Waals surface area contributed by atoms with Gasteiger partial charge in [-0.3, -0.25) is 4.98 Å². The van der Waals surface area contributed by atoms with Crippen molar-refractivity contribution >= 4 is 23.0 Å². The largest absolute Gasteiger partial charge is 0.310 e. The maximum absolute atomic E-state index is 9.35. The maximum atomic E-state index is 9.35. The molecule has 2 aromatic rings. The highest BCUT2D eigenvalue weighted by Gasteiger charge is 2.17. The lowest BCUT2D eigenvalue weighted by molar-refractivity contribution is 0.627. The Morgan fingerprint density at radius 1 is 1.37 bits per heavy atom. The quantitative estimate of drug-likeness (QED) is 0.787. The Balaban J connectivity index is 2.01. The van der Waals surface area contributed by atoms with E-state index in [-0.39, 0.29) is 0 Å². The molecule has 1 aliphatic rings. The number of thiazole rings is 1. The SMILES string of the molecule is N#C/C(=C\c1cncs1)c1nnc2n1CCCCC2. The zero-order valence-corrected chi connectivity index (χ0v) is 11.2. The first-order valence-electron chi connectivity index (χ1n) is 6.31. The standard InChI is InChI=1S/C13H13N5S/c14-7-10(6-11-8-15-9-19-11)13-17-16-12-4-2-1-3-5-18(12)13/h6,8-9H,1-5H2/b10-6+. The number of rotatable bonds is 2. The predicted molar refractivity (Wildman–Crippen MR) is 73.2 cm³/mol. The molecule has 0 spiro atoms. The molecule has 1 aliphatic heterocycles. The number of allylic oxidation sites excluding steroid dienone is 1. The summed E-state index contributed by atoms with van der Waals surface area (Å²) in [5.41, 5.74) is 2.32. The minimum atomic E-state index is 0.560. The van der Waals surface area contributed by atoms with Gasteiger partial charge in [-0.2, -0.15) is 5.26 Å². The summed E-state index contributed by atoms with van der Waals surface area (Å²) in [7, 11) is 0. The molecule has 6 heteroatoms. The van der Waals surface area contributed by atoms with E-state index in [1.165, 1.54) is 17.8 Å². The second kappa shape index (κ2) is 5.33. The number of nitriles is 1. The molecule has 0 aliphatic carbocycles. The third kappa shape index (κ3) is 2.42. The third-order valence-corrected chi connectivity index (χ3v) is 3.93. The second-order valence-electron chi connectivity index (χ2n) is 4.48. The number of hydrogen-bond donors (Lipinski definition) is 0. The Morgan fingerprint density at radius 2 is 2.32 bits per heavy atom. The zero-order chi connectivity index (χ0) is 13.1. The first-order chi connectivity index (χ1) is 9.38. The summed E-state index contributed by atoms with van der Waals surface area (Å²) in [5.74, 6) is 1.69. The molecular weight excluding hydrogens is 258 g/mol. The summed E-state index contributed by atoms with van der Waals surface area (Å²) in [5, 5.41) is 17.8. The Kier molecular flexibility index (Phi) is 3.38. The van der Waals surface area contributed by atoms with Crippen LogP contribution in [-0.4, -0.2) is 19.7 Å². The van der Waals surface area contributed by atoms with Gasteiger partial charge in [0, 0.05) is 24.0 Å². The number of aromatic nitrogens is 4. The minimum absolute atomic E-state index is 0.560. The van der Waals surface area contributed by atoms with Crippen LogP contribution in [0.1, 0.15) is 35.8 Å². The molecule has 0 radical (unpaired) electrons. The molecule has 0 fully saturated rings. The number of fused-ring (bicyclic) bond motifs is 1. The fraction of sp³-hybridized carbons (Fsp3) is 0.385. The average molecular weight is 271 g/mol. The van der Waals surface area contributed by atoms with Crippen molar-refractivity contribution in [2.24, 2.45) is 0 Å². The monoisotopic (exact) mass is 271 g/mol. The molecule has 0 bridgehead atoms. The van der Waals surface area contributed by atoms with Crippen LogP contribution in [0.5, 0.6) is 0 Å². The number of hydrogen-bond acceptors (Lipinski definition) is 5. The van der Waals surface area contributed by atoms with Gasteiger partial charge >= 0.3 is 0 Å². The van der Waals surface area contributed by atoms with Crippen molar-refractivity contribution in [3.05, 3.63) is 28.2 Å². The summed E-state index contributed by atoms with van der Waals surface area (Å²) in [6.45, 7) is 0.902. The fourth-order valence-corrected chi connectivity index (χ4v) is 2.82. The molecule has 0 amide bonds. The normalized spacial score (nSPS) is 15.6. The van der Waals surface area contributed by atoms with Crippen molar-refractivity contribution in [3.8, 4) is 6.07 Å². The Hall–Kier alpha value is -2.00. The molecule has 0 N–H and O–H groups in total. The van der Waals surface area contributed by atoms with Crippen LogP contribution in [-0.2, 0) is 13.0 Å². The zero-order valence-electron chi connectivity index (χ0n) is 10.4. The van der Waals surface area contributed by atoms with Crippen molar-refractivity contribution in [2.75, 3.05) is 0 Å². The second-order valence-corrected chi connectivity index (χ2v) is 5.39. The molecule has 0 saturated carbocycles. The molecule has 0 atom stereocenters. The summed E-state index contributed by atoms with van der Waals surface area (Å²) >= 11 is 1.51. The summed E-state index contributed by atoms with van der Waals surface area (Å²) in [6.07, 6.45) is 8.02. The molecule has 5 nitrogen and oxygen atoms in total. The highest BCUT2D eigenvalue weighted by Crippen LogP contribution is 2.22. The molecule has 3 rings (SSSR count). The van der Waals surface area contributed by atoms with Crippen LogP contribution >= 0.6 is 11.3 Å². The lowest BCUT2D eigenvalue weighted by Crippen LogP contribution is -2.05. The van der Waals surface area contributed by atoms with E-state index in [1.807, 2.05) is 6.08 Å². The lowest BCUT2D eigenvalue weighted by atomic mass is 10.2. The van der Waals surface area contributed by atoms with Crippen molar-refractivity contribution < 1.29 is 0 Å². The van der Waals surface area contributed by atoms with E-state index in [1.54, 1.807) is 11.7 Å². The van der Waals surface area contributed by atoms with Crippen LogP contribution in [0.4, 0.5) is 0 Å². The van der Waals surface area contributed by atoms with Gasteiger partial charge in [-0.25, -0.2) is 0 Å². The molecule has 0 unspecified atom stereocenters. The van der Waals surface area contributed by atoms with Gasteiger partial charge in [0.15, 0.2) is 5.82 Å². The molecule has 0 aromatic carbocycles. The van der Waals surface area contributed by atoms with Crippen molar-refractivity contribution in [1.82, 2.24) is 19.7 Å². The van der Waals surface area contributed by atoms with Gasteiger partial charge in [-0.1, -0.05) is 6.42 Å². The molecule has 3 heterocycles. The molecule has 96 valence electrons. The van der Waals surface area contributed by atoms with E-state index in [9.17, 15) is 5.26 Å². The van der Waals surface area contributed by atoms with Crippen molar-refractivity contribution in [1.29, 1.82) is 5.26 Å². The van der Waals surface area contributed by atoms with Crippen molar-refractivity contribution in [3.63, 3.8) is 0 Å². The van der Waals surface area contributed by atoms with Gasteiger partial charge in [0.2, 0.25) is 0 Å².